The average molecular weight is 593 g/mol. The average Bonchev–Trinajstić information content (AvgIpc) is 3.33. The number of ether oxygens (including phenoxy) is 3. The van der Waals surface area contributed by atoms with E-state index >= 15 is 0 Å². The Morgan fingerprint density at radius 1 is 1.05 bits per heavy atom. The molecule has 1 aliphatic rings. The molecule has 0 saturated heterocycles. The highest BCUT2D eigenvalue weighted by molar-refractivity contribution is 6.30. The molecule has 218 valence electrons. The number of carboxylic acid groups (broad SMARTS) is 1. The molecule has 0 radical (unpaired) electrons. The molecule has 0 atom stereocenters. The molecule has 0 saturated carbocycles. The van der Waals surface area contributed by atoms with Crippen LogP contribution >= 0.6 is 11.6 Å². The van der Waals surface area contributed by atoms with Crippen molar-refractivity contribution in [2.75, 3.05) is 30.5 Å². The van der Waals surface area contributed by atoms with Crippen LogP contribution in [0.4, 0.5) is 24.5 Å². The predicted octanol–water partition coefficient (Wildman–Crippen LogP) is 7.16. The van der Waals surface area contributed by atoms with Gasteiger partial charge in [0.15, 0.2) is 0 Å². The molecule has 0 fully saturated rings. The molecule has 1 heterocycles. The summed E-state index contributed by atoms with van der Waals surface area (Å²) in [5.74, 6) is -0.698. The summed E-state index contributed by atoms with van der Waals surface area (Å²) < 4.78 is 54.2. The third-order valence-corrected chi connectivity index (χ3v) is 6.59. The number of anilines is 2. The predicted molar refractivity (Wildman–Crippen MR) is 149 cm³/mol. The van der Waals surface area contributed by atoms with Crippen LogP contribution < -0.4 is 24.4 Å². The Bertz CT molecular complexity index is 1440. The van der Waals surface area contributed by atoms with E-state index in [1.54, 1.807) is 49.4 Å². The zero-order valence-corrected chi connectivity index (χ0v) is 23.0. The Balaban J connectivity index is 1.73. The number of hydrogen-bond donors (Lipinski definition) is 3. The lowest BCUT2D eigenvalue weighted by atomic mass is 10.1. The first kappa shape index (κ1) is 29.7. The summed E-state index contributed by atoms with van der Waals surface area (Å²) in [5.41, 5.74) is 3.06. The van der Waals surface area contributed by atoms with E-state index in [9.17, 15) is 23.1 Å². The minimum absolute atomic E-state index is 0.0427. The fourth-order valence-corrected chi connectivity index (χ4v) is 4.63. The van der Waals surface area contributed by atoms with Crippen LogP contribution in [0.5, 0.6) is 17.2 Å². The van der Waals surface area contributed by atoms with Crippen LogP contribution in [0.3, 0.4) is 0 Å². The molecule has 4 rings (SSSR count). The van der Waals surface area contributed by atoms with Crippen molar-refractivity contribution in [1.82, 2.24) is 0 Å². The first-order chi connectivity index (χ1) is 19.4. The number of fused-ring (bicyclic) bond motifs is 1. The van der Waals surface area contributed by atoms with Crippen molar-refractivity contribution < 1.29 is 42.4 Å². The van der Waals surface area contributed by atoms with Gasteiger partial charge in [-0.2, -0.15) is 0 Å². The third-order valence-electron chi connectivity index (χ3n) is 6.33. The fraction of sp³-hybridized carbons (Fsp3) is 0.276. The third kappa shape index (κ3) is 7.69. The lowest BCUT2D eigenvalue weighted by molar-refractivity contribution is -0.274. The quantitative estimate of drug-likeness (QED) is 0.159. The summed E-state index contributed by atoms with van der Waals surface area (Å²) in [4.78, 5) is 12.3. The van der Waals surface area contributed by atoms with Crippen molar-refractivity contribution >= 4 is 34.6 Å². The summed E-state index contributed by atoms with van der Waals surface area (Å²) >= 11 is 6.09. The lowest BCUT2D eigenvalue weighted by Crippen LogP contribution is -2.23. The number of halogens is 4. The lowest BCUT2D eigenvalue weighted by Gasteiger charge is -2.24. The van der Waals surface area contributed by atoms with Gasteiger partial charge >= 0.3 is 12.3 Å². The molecule has 0 bridgehead atoms. The Morgan fingerprint density at radius 2 is 1.76 bits per heavy atom. The van der Waals surface area contributed by atoms with Gasteiger partial charge in [-0.25, -0.2) is 0 Å². The van der Waals surface area contributed by atoms with Crippen molar-refractivity contribution in [3.63, 3.8) is 0 Å². The molecule has 0 amide bonds. The molecule has 1 aliphatic heterocycles. The van der Waals surface area contributed by atoms with Crippen molar-refractivity contribution in [3.8, 4) is 17.2 Å². The van der Waals surface area contributed by atoms with Gasteiger partial charge in [0.25, 0.3) is 0 Å². The van der Waals surface area contributed by atoms with Crippen LogP contribution in [0.2, 0.25) is 5.02 Å². The number of benzene rings is 3. The number of aliphatic hydroxyl groups is 1. The van der Waals surface area contributed by atoms with Gasteiger partial charge in [-0.1, -0.05) is 23.7 Å². The van der Waals surface area contributed by atoms with E-state index < -0.39 is 12.3 Å². The van der Waals surface area contributed by atoms with Crippen molar-refractivity contribution in [3.05, 3.63) is 82.2 Å². The van der Waals surface area contributed by atoms with E-state index in [-0.39, 0.29) is 30.4 Å². The van der Waals surface area contributed by atoms with E-state index in [4.69, 9.17) is 26.2 Å². The van der Waals surface area contributed by atoms with Crippen LogP contribution in [0.1, 0.15) is 29.5 Å². The molecular weight excluding hydrogens is 565 g/mol. The highest BCUT2D eigenvalue weighted by Gasteiger charge is 2.33. The molecule has 0 spiro atoms. The van der Waals surface area contributed by atoms with E-state index in [2.05, 4.69) is 10.1 Å². The molecule has 0 unspecified atom stereocenters. The number of methoxy groups -OCH3 is 1. The van der Waals surface area contributed by atoms with E-state index in [1.165, 1.54) is 24.1 Å². The number of hydrogen-bond acceptors (Lipinski definition) is 7. The van der Waals surface area contributed by atoms with Gasteiger partial charge in [0.2, 0.25) is 5.88 Å². The molecule has 0 aliphatic carbocycles. The number of nitrogens with one attached hydrogen (secondary N) is 1. The van der Waals surface area contributed by atoms with E-state index in [1.807, 2.05) is 0 Å². The molecule has 0 aromatic heterocycles. The summed E-state index contributed by atoms with van der Waals surface area (Å²) in [6, 6.07) is 14.2. The normalized spacial score (nSPS) is 13.4. The highest BCUT2D eigenvalue weighted by Crippen LogP contribution is 2.40. The molecule has 41 heavy (non-hydrogen) atoms. The zero-order valence-electron chi connectivity index (χ0n) is 22.2. The first-order valence-corrected chi connectivity index (χ1v) is 13.0. The number of nitrogens with zero attached hydrogens (tertiary/aromatic N) is 1. The minimum Gasteiger partial charge on any atom is -0.497 e. The standard InChI is InChI=1S/C29H28ClF3N2O6/c1-17-12-23(41-29(31,32)33)16-25-24(17)9-10-35(25)28(38)27(18-5-7-19(30)8-6-18)34-20-13-21(39-2)15-22(14-20)40-11-3-4-26(36)37/h5-8,12-16,34,38H,3-4,9-11H2,1-2H3,(H,36,37)/b28-27+. The Labute approximate surface area is 239 Å². The maximum Gasteiger partial charge on any atom is 0.573 e. The van der Waals surface area contributed by atoms with Crippen LogP contribution in [0.15, 0.2) is 60.5 Å². The number of aryl methyl sites for hydroxylation is 1. The van der Waals surface area contributed by atoms with Gasteiger partial charge < -0.3 is 34.6 Å². The largest absolute Gasteiger partial charge is 0.573 e. The maximum atomic E-state index is 13.0. The number of carboxylic acids is 1. The zero-order chi connectivity index (χ0) is 29.7. The molecule has 3 aromatic carbocycles. The summed E-state index contributed by atoms with van der Waals surface area (Å²) in [7, 11) is 1.48. The summed E-state index contributed by atoms with van der Waals surface area (Å²) in [6.45, 7) is 2.17. The van der Waals surface area contributed by atoms with E-state index in [0.29, 0.717) is 58.4 Å². The SMILES string of the molecule is COc1cc(N/C(=C(/O)N2CCc3c(C)cc(OC(F)(F)F)cc32)c2ccc(Cl)cc2)cc(OCCCC(=O)O)c1. The van der Waals surface area contributed by atoms with Gasteiger partial charge in [-0.05, 0) is 49.1 Å². The second kappa shape index (κ2) is 12.5. The molecular formula is C29H28ClF3N2O6. The highest BCUT2D eigenvalue weighted by atomic mass is 35.5. The van der Waals surface area contributed by atoms with Crippen LogP contribution in [-0.2, 0) is 11.2 Å². The van der Waals surface area contributed by atoms with Crippen molar-refractivity contribution in [2.45, 2.75) is 32.5 Å². The Kier molecular flexibility index (Phi) is 9.07. The molecule has 3 aromatic rings. The second-order valence-electron chi connectivity index (χ2n) is 9.26. The van der Waals surface area contributed by atoms with Crippen LogP contribution in [-0.4, -0.2) is 42.8 Å². The summed E-state index contributed by atoms with van der Waals surface area (Å²) in [6.07, 6.45) is -4.10. The van der Waals surface area contributed by atoms with Crippen molar-refractivity contribution in [2.24, 2.45) is 0 Å². The molecule has 12 heteroatoms. The van der Waals surface area contributed by atoms with Gasteiger partial charge in [-0.3, -0.25) is 4.79 Å². The van der Waals surface area contributed by atoms with Crippen molar-refractivity contribution in [1.29, 1.82) is 0 Å². The number of alkyl halides is 3. The number of rotatable bonds is 11. The molecule has 8 nitrogen and oxygen atoms in total. The first-order valence-electron chi connectivity index (χ1n) is 12.6. The van der Waals surface area contributed by atoms with Crippen LogP contribution in [0, 0.1) is 6.92 Å². The Hall–Kier alpha value is -4.25. The number of carbonyl (C=O) groups is 1. The summed E-state index contributed by atoms with van der Waals surface area (Å²) in [5, 5.41) is 24.1. The molecule has 3 N–H and O–H groups in total. The van der Waals surface area contributed by atoms with Gasteiger partial charge in [0.05, 0.1) is 19.4 Å². The number of aliphatic carboxylic acids is 1. The number of aliphatic hydroxyl groups excluding tert-OH is 1. The monoisotopic (exact) mass is 592 g/mol. The van der Waals surface area contributed by atoms with Gasteiger partial charge in [0, 0.05) is 53.5 Å². The van der Waals surface area contributed by atoms with Gasteiger partial charge in [0.1, 0.15) is 22.9 Å². The van der Waals surface area contributed by atoms with E-state index in [0.717, 1.165) is 5.56 Å². The second-order valence-corrected chi connectivity index (χ2v) is 9.70. The smallest absolute Gasteiger partial charge is 0.497 e. The Morgan fingerprint density at radius 3 is 2.41 bits per heavy atom. The van der Waals surface area contributed by atoms with Crippen LogP contribution in [0.25, 0.3) is 5.70 Å². The topological polar surface area (TPSA) is 100 Å². The maximum absolute atomic E-state index is 13.0. The minimum atomic E-state index is -4.86. The fourth-order valence-electron chi connectivity index (χ4n) is 4.50. The van der Waals surface area contributed by atoms with Gasteiger partial charge in [-0.15, -0.1) is 13.2 Å².